The third kappa shape index (κ3) is 4.50. The summed E-state index contributed by atoms with van der Waals surface area (Å²) in [5.74, 6) is -0.260. The van der Waals surface area contributed by atoms with Crippen molar-refractivity contribution in [2.75, 3.05) is 25.4 Å². The van der Waals surface area contributed by atoms with Gasteiger partial charge in [0.15, 0.2) is 0 Å². The molecule has 0 atom stereocenters. The van der Waals surface area contributed by atoms with Crippen molar-refractivity contribution in [1.29, 1.82) is 0 Å². The molecule has 0 aliphatic heterocycles. The Hall–Kier alpha value is -2.09. The van der Waals surface area contributed by atoms with Crippen LogP contribution in [0.15, 0.2) is 48.5 Å². The minimum absolute atomic E-state index is 0.260. The van der Waals surface area contributed by atoms with E-state index in [4.69, 9.17) is 11.6 Å². The lowest BCUT2D eigenvalue weighted by Gasteiger charge is -2.23. The van der Waals surface area contributed by atoms with Gasteiger partial charge >= 0.3 is 10.2 Å². The monoisotopic (exact) mass is 381 g/mol. The largest absolute Gasteiger partial charge is 0.348 e. The number of anilines is 1. The van der Waals surface area contributed by atoms with Crippen molar-refractivity contribution < 1.29 is 13.2 Å². The molecule has 0 radical (unpaired) electrons. The van der Waals surface area contributed by atoms with Crippen LogP contribution in [0.2, 0.25) is 5.02 Å². The number of carbonyl (C=O) groups is 1. The fourth-order valence-corrected chi connectivity index (χ4v) is 3.20. The Morgan fingerprint density at radius 2 is 1.64 bits per heavy atom. The van der Waals surface area contributed by atoms with Gasteiger partial charge < -0.3 is 5.32 Å². The molecule has 0 saturated carbocycles. The van der Waals surface area contributed by atoms with Crippen molar-refractivity contribution >= 4 is 33.4 Å². The van der Waals surface area contributed by atoms with Crippen molar-refractivity contribution in [3.05, 3.63) is 64.7 Å². The number of halogens is 1. The van der Waals surface area contributed by atoms with E-state index in [2.05, 4.69) is 5.32 Å². The van der Waals surface area contributed by atoms with Gasteiger partial charge in [0.1, 0.15) is 0 Å². The first-order valence-electron chi connectivity index (χ1n) is 7.51. The van der Waals surface area contributed by atoms with Crippen LogP contribution in [0.5, 0.6) is 0 Å². The van der Waals surface area contributed by atoms with Crippen LogP contribution in [0.1, 0.15) is 15.9 Å². The molecule has 1 N–H and O–H groups in total. The van der Waals surface area contributed by atoms with Crippen molar-refractivity contribution in [2.24, 2.45) is 0 Å². The van der Waals surface area contributed by atoms with Gasteiger partial charge in [-0.2, -0.15) is 12.7 Å². The number of rotatable bonds is 6. The molecule has 2 rings (SSSR count). The molecule has 2 aromatic carbocycles. The predicted molar refractivity (Wildman–Crippen MR) is 100 cm³/mol. The van der Waals surface area contributed by atoms with Gasteiger partial charge in [-0.1, -0.05) is 29.8 Å². The van der Waals surface area contributed by atoms with Crippen LogP contribution >= 0.6 is 11.6 Å². The molecule has 1 amide bonds. The van der Waals surface area contributed by atoms with Crippen LogP contribution in [-0.2, 0) is 16.8 Å². The van der Waals surface area contributed by atoms with Crippen molar-refractivity contribution in [1.82, 2.24) is 9.62 Å². The topological polar surface area (TPSA) is 69.7 Å². The third-order valence-electron chi connectivity index (χ3n) is 3.70. The smallest absolute Gasteiger partial charge is 0.303 e. The first-order chi connectivity index (χ1) is 11.7. The number of nitrogens with zero attached hydrogens (tertiary/aromatic N) is 2. The average Bonchev–Trinajstić information content (AvgIpc) is 2.60. The molecule has 0 unspecified atom stereocenters. The lowest BCUT2D eigenvalue weighted by molar-refractivity contribution is 0.0951. The molecular formula is C17H20ClN3O3S. The maximum atomic E-state index is 12.2. The Bertz CT molecular complexity index is 852. The van der Waals surface area contributed by atoms with Crippen LogP contribution in [0.25, 0.3) is 0 Å². The van der Waals surface area contributed by atoms with Gasteiger partial charge in [-0.25, -0.2) is 0 Å². The number of benzene rings is 2. The van der Waals surface area contributed by atoms with E-state index in [-0.39, 0.29) is 5.91 Å². The van der Waals surface area contributed by atoms with Crippen LogP contribution in [0, 0.1) is 0 Å². The summed E-state index contributed by atoms with van der Waals surface area (Å²) in [7, 11) is 0.819. The summed E-state index contributed by atoms with van der Waals surface area (Å²) in [5.41, 5.74) is 1.73. The highest BCUT2D eigenvalue weighted by Crippen LogP contribution is 2.19. The molecule has 0 spiro atoms. The van der Waals surface area contributed by atoms with E-state index in [1.54, 1.807) is 30.3 Å². The highest BCUT2D eigenvalue weighted by molar-refractivity contribution is 7.90. The minimum atomic E-state index is -3.56. The molecule has 25 heavy (non-hydrogen) atoms. The second-order valence-corrected chi connectivity index (χ2v) is 8.16. The van der Waals surface area contributed by atoms with Gasteiger partial charge in [-0.15, -0.1) is 0 Å². The summed E-state index contributed by atoms with van der Waals surface area (Å²) in [5, 5.41) is 3.38. The van der Waals surface area contributed by atoms with E-state index in [9.17, 15) is 13.2 Å². The zero-order valence-corrected chi connectivity index (χ0v) is 15.8. The number of hydrogen-bond acceptors (Lipinski definition) is 3. The molecule has 8 heteroatoms. The Labute approximate surface area is 153 Å². The molecule has 0 bridgehead atoms. The van der Waals surface area contributed by atoms with E-state index in [0.717, 1.165) is 14.2 Å². The summed E-state index contributed by atoms with van der Waals surface area (Å²) >= 11 is 6.06. The maximum Gasteiger partial charge on any atom is 0.303 e. The normalized spacial score (nSPS) is 11.4. The molecular weight excluding hydrogens is 362 g/mol. The molecule has 0 saturated heterocycles. The van der Waals surface area contributed by atoms with Crippen molar-refractivity contribution in [2.45, 2.75) is 6.54 Å². The van der Waals surface area contributed by atoms with E-state index in [0.29, 0.717) is 22.8 Å². The minimum Gasteiger partial charge on any atom is -0.348 e. The number of nitrogens with one attached hydrogen (secondary N) is 1. The van der Waals surface area contributed by atoms with Gasteiger partial charge in [0.05, 0.1) is 5.69 Å². The predicted octanol–water partition coefficient (Wildman–Crippen LogP) is 2.51. The second kappa shape index (κ2) is 7.86. The Morgan fingerprint density at radius 3 is 2.20 bits per heavy atom. The fourth-order valence-electron chi connectivity index (χ4n) is 2.12. The summed E-state index contributed by atoms with van der Waals surface area (Å²) in [6, 6.07) is 13.6. The lowest BCUT2D eigenvalue weighted by Crippen LogP contribution is -2.37. The highest BCUT2D eigenvalue weighted by Gasteiger charge is 2.21. The molecule has 0 aromatic heterocycles. The van der Waals surface area contributed by atoms with Crippen LogP contribution < -0.4 is 9.62 Å². The zero-order chi connectivity index (χ0) is 18.6. The van der Waals surface area contributed by atoms with Crippen LogP contribution in [0.4, 0.5) is 5.69 Å². The summed E-state index contributed by atoms with van der Waals surface area (Å²) in [6.07, 6.45) is 0. The van der Waals surface area contributed by atoms with E-state index >= 15 is 0 Å². The second-order valence-electron chi connectivity index (χ2n) is 5.58. The Morgan fingerprint density at radius 1 is 1.04 bits per heavy atom. The Kier molecular flexibility index (Phi) is 6.05. The van der Waals surface area contributed by atoms with Gasteiger partial charge in [0, 0.05) is 38.3 Å². The van der Waals surface area contributed by atoms with Crippen molar-refractivity contribution in [3.63, 3.8) is 0 Å². The van der Waals surface area contributed by atoms with Crippen LogP contribution in [-0.4, -0.2) is 39.8 Å². The van der Waals surface area contributed by atoms with E-state index in [1.807, 2.05) is 18.2 Å². The molecule has 2 aromatic rings. The zero-order valence-electron chi connectivity index (χ0n) is 14.2. The third-order valence-corrected chi connectivity index (χ3v) is 5.89. The van der Waals surface area contributed by atoms with Crippen molar-refractivity contribution in [3.8, 4) is 0 Å². The summed E-state index contributed by atoms with van der Waals surface area (Å²) in [6.45, 7) is 0.315. The number of amides is 1. The lowest BCUT2D eigenvalue weighted by atomic mass is 10.1. The first-order valence-corrected chi connectivity index (χ1v) is 9.29. The van der Waals surface area contributed by atoms with Gasteiger partial charge in [0.25, 0.3) is 5.91 Å². The Balaban J connectivity index is 2.07. The van der Waals surface area contributed by atoms with Crippen LogP contribution in [0.3, 0.4) is 0 Å². The SMILES string of the molecule is CN(C)S(=O)(=O)N(C)c1ccc(C(=O)NCc2ccccc2Cl)cc1. The molecule has 0 heterocycles. The fraction of sp³-hybridized carbons (Fsp3) is 0.235. The van der Waals surface area contributed by atoms with Gasteiger partial charge in [-0.05, 0) is 35.9 Å². The molecule has 0 fully saturated rings. The molecule has 0 aliphatic carbocycles. The van der Waals surface area contributed by atoms with E-state index in [1.165, 1.54) is 21.1 Å². The first kappa shape index (κ1) is 19.2. The summed E-state index contributed by atoms with van der Waals surface area (Å²) in [4.78, 5) is 12.2. The van der Waals surface area contributed by atoms with Gasteiger partial charge in [-0.3, -0.25) is 9.10 Å². The van der Waals surface area contributed by atoms with Gasteiger partial charge in [0.2, 0.25) is 0 Å². The maximum absolute atomic E-state index is 12.2. The molecule has 0 aliphatic rings. The quantitative estimate of drug-likeness (QED) is 0.835. The molecule has 6 nitrogen and oxygen atoms in total. The standard InChI is InChI=1S/C17H20ClN3O3S/c1-20(2)25(23,24)21(3)15-10-8-13(9-11-15)17(22)19-12-14-6-4-5-7-16(14)18/h4-11H,12H2,1-3H3,(H,19,22). The number of hydrogen-bond donors (Lipinski definition) is 1. The van der Waals surface area contributed by atoms with E-state index < -0.39 is 10.2 Å². The summed E-state index contributed by atoms with van der Waals surface area (Å²) < 4.78 is 26.5. The average molecular weight is 382 g/mol. The highest BCUT2D eigenvalue weighted by atomic mass is 35.5. The number of carbonyl (C=O) groups excluding carboxylic acids is 1. The molecule has 134 valence electrons.